The van der Waals surface area contributed by atoms with E-state index in [1.807, 2.05) is 55.5 Å². The lowest BCUT2D eigenvalue weighted by Crippen LogP contribution is -2.28. The molecule has 4 rings (SSSR count). The Kier molecular flexibility index (Phi) is 6.31. The highest BCUT2D eigenvalue weighted by molar-refractivity contribution is 9.10. The molecule has 1 aliphatic heterocycles. The largest absolute Gasteiger partial charge is 0.492 e. The number of benzene rings is 2. The second kappa shape index (κ2) is 9.30. The molecule has 1 aliphatic rings. The lowest BCUT2D eigenvalue weighted by atomic mass is 10.1. The Morgan fingerprint density at radius 3 is 2.77 bits per heavy atom. The summed E-state index contributed by atoms with van der Waals surface area (Å²) in [6.45, 7) is 3.22. The summed E-state index contributed by atoms with van der Waals surface area (Å²) < 4.78 is 8.29. The summed E-state index contributed by atoms with van der Waals surface area (Å²) in [4.78, 5) is 31.1. The number of aromatic nitrogens is 3. The molecular weight excluding hydrogens is 462 g/mol. The van der Waals surface area contributed by atoms with E-state index < -0.39 is 5.92 Å². The molecule has 0 radical (unpaired) electrons. The van der Waals surface area contributed by atoms with Crippen molar-refractivity contribution in [2.75, 3.05) is 23.4 Å². The zero-order valence-corrected chi connectivity index (χ0v) is 18.6. The molecule has 2 aromatic carbocycles. The summed E-state index contributed by atoms with van der Waals surface area (Å²) >= 11 is 3.41. The third-order valence-electron chi connectivity index (χ3n) is 4.98. The van der Waals surface area contributed by atoms with Gasteiger partial charge in [0.1, 0.15) is 12.1 Å². The topological polar surface area (TPSA) is 89.3 Å². The molecule has 2 amide bonds. The van der Waals surface area contributed by atoms with Gasteiger partial charge in [-0.25, -0.2) is 9.67 Å². The highest BCUT2D eigenvalue weighted by Crippen LogP contribution is 2.33. The summed E-state index contributed by atoms with van der Waals surface area (Å²) in [5.41, 5.74) is 1.75. The van der Waals surface area contributed by atoms with Crippen molar-refractivity contribution in [3.8, 4) is 5.75 Å². The molecule has 1 N–H and O–H groups in total. The number of rotatable bonds is 7. The van der Waals surface area contributed by atoms with Crippen LogP contribution in [0, 0.1) is 5.92 Å². The first-order valence-electron chi connectivity index (χ1n) is 10.0. The first-order chi connectivity index (χ1) is 15.0. The molecule has 1 aromatic heterocycles. The molecule has 0 spiro atoms. The summed E-state index contributed by atoms with van der Waals surface area (Å²) in [6.07, 6.45) is 1.70. The fraction of sp³-hybridized carbons (Fsp3) is 0.273. The van der Waals surface area contributed by atoms with Crippen molar-refractivity contribution in [1.29, 1.82) is 0 Å². The smallest absolute Gasteiger partial charge is 0.248 e. The molecule has 0 aliphatic carbocycles. The maximum Gasteiger partial charge on any atom is 0.248 e. The van der Waals surface area contributed by atoms with E-state index in [0.29, 0.717) is 24.6 Å². The Morgan fingerprint density at radius 2 is 2.00 bits per heavy atom. The van der Waals surface area contributed by atoms with E-state index in [1.165, 1.54) is 0 Å². The Bertz CT molecular complexity index is 1080. The number of anilines is 2. The summed E-state index contributed by atoms with van der Waals surface area (Å²) in [5.74, 6) is -0.0109. The number of para-hydroxylation sites is 2. The zero-order valence-electron chi connectivity index (χ0n) is 17.0. The van der Waals surface area contributed by atoms with Crippen molar-refractivity contribution in [3.63, 3.8) is 0 Å². The van der Waals surface area contributed by atoms with Gasteiger partial charge in [-0.15, -0.1) is 5.10 Å². The fourth-order valence-electron chi connectivity index (χ4n) is 3.49. The van der Waals surface area contributed by atoms with Gasteiger partial charge in [0.15, 0.2) is 0 Å². The Hall–Kier alpha value is -3.20. The number of carbonyl (C=O) groups excluding carboxylic acids is 2. The van der Waals surface area contributed by atoms with Gasteiger partial charge in [-0.1, -0.05) is 40.2 Å². The van der Waals surface area contributed by atoms with Gasteiger partial charge in [-0.05, 0) is 36.8 Å². The molecule has 8 nitrogen and oxygen atoms in total. The molecule has 9 heteroatoms. The third kappa shape index (κ3) is 4.93. The summed E-state index contributed by atoms with van der Waals surface area (Å²) in [6, 6.07) is 15.3. The SMILES string of the molecule is CCOc1ccccc1N1CC(C(=O)Nc2ncn(Cc3ccc(Br)cc3)n2)CC1=O. The molecule has 1 atom stereocenters. The second-order valence-electron chi connectivity index (χ2n) is 7.19. The number of ether oxygens (including phenoxy) is 1. The van der Waals surface area contributed by atoms with E-state index in [1.54, 1.807) is 15.9 Å². The van der Waals surface area contributed by atoms with Gasteiger partial charge in [-0.2, -0.15) is 0 Å². The third-order valence-corrected chi connectivity index (χ3v) is 5.51. The van der Waals surface area contributed by atoms with Gasteiger partial charge >= 0.3 is 0 Å². The van der Waals surface area contributed by atoms with E-state index in [-0.39, 0.29) is 30.7 Å². The van der Waals surface area contributed by atoms with E-state index in [9.17, 15) is 9.59 Å². The highest BCUT2D eigenvalue weighted by Gasteiger charge is 2.36. The average Bonchev–Trinajstić information content (AvgIpc) is 3.37. The number of nitrogens with zero attached hydrogens (tertiary/aromatic N) is 4. The molecule has 0 bridgehead atoms. The van der Waals surface area contributed by atoms with Crippen molar-refractivity contribution >= 4 is 39.4 Å². The minimum Gasteiger partial charge on any atom is -0.492 e. The first kappa shape index (κ1) is 21.0. The number of halogens is 1. The van der Waals surface area contributed by atoms with Crippen molar-refractivity contribution in [3.05, 3.63) is 64.9 Å². The molecule has 1 fully saturated rings. The molecule has 160 valence electrons. The van der Waals surface area contributed by atoms with Crippen LogP contribution in [0.4, 0.5) is 11.6 Å². The van der Waals surface area contributed by atoms with Crippen LogP contribution >= 0.6 is 15.9 Å². The predicted molar refractivity (Wildman–Crippen MR) is 120 cm³/mol. The molecule has 31 heavy (non-hydrogen) atoms. The van der Waals surface area contributed by atoms with E-state index in [0.717, 1.165) is 10.0 Å². The maximum atomic E-state index is 12.7. The lowest BCUT2D eigenvalue weighted by Gasteiger charge is -2.20. The normalized spacial score (nSPS) is 15.9. The van der Waals surface area contributed by atoms with Gasteiger partial charge < -0.3 is 9.64 Å². The molecule has 1 unspecified atom stereocenters. The number of hydrogen-bond acceptors (Lipinski definition) is 5. The monoisotopic (exact) mass is 483 g/mol. The number of hydrogen-bond donors (Lipinski definition) is 1. The number of nitrogens with one attached hydrogen (secondary N) is 1. The Balaban J connectivity index is 1.39. The highest BCUT2D eigenvalue weighted by atomic mass is 79.9. The van der Waals surface area contributed by atoms with E-state index in [2.05, 4.69) is 31.3 Å². The van der Waals surface area contributed by atoms with Crippen LogP contribution in [-0.2, 0) is 16.1 Å². The Labute approximate surface area is 188 Å². The van der Waals surface area contributed by atoms with Crippen molar-refractivity contribution < 1.29 is 14.3 Å². The predicted octanol–water partition coefficient (Wildman–Crippen LogP) is 3.48. The average molecular weight is 484 g/mol. The van der Waals surface area contributed by atoms with Crippen molar-refractivity contribution in [2.24, 2.45) is 5.92 Å². The second-order valence-corrected chi connectivity index (χ2v) is 8.10. The molecule has 1 saturated heterocycles. The van der Waals surface area contributed by atoms with Crippen LogP contribution in [0.1, 0.15) is 18.9 Å². The minimum absolute atomic E-state index is 0.110. The van der Waals surface area contributed by atoms with Gasteiger partial charge in [0.25, 0.3) is 0 Å². The van der Waals surface area contributed by atoms with E-state index in [4.69, 9.17) is 4.74 Å². The van der Waals surface area contributed by atoms with Crippen LogP contribution in [0.3, 0.4) is 0 Å². The van der Waals surface area contributed by atoms with Crippen molar-refractivity contribution in [2.45, 2.75) is 19.9 Å². The Morgan fingerprint density at radius 1 is 1.23 bits per heavy atom. The van der Waals surface area contributed by atoms with Crippen LogP contribution in [0.5, 0.6) is 5.75 Å². The molecule has 2 heterocycles. The van der Waals surface area contributed by atoms with Gasteiger partial charge in [0.05, 0.1) is 24.8 Å². The fourth-order valence-corrected chi connectivity index (χ4v) is 3.76. The van der Waals surface area contributed by atoms with Gasteiger partial charge in [0, 0.05) is 17.4 Å². The first-order valence-corrected chi connectivity index (χ1v) is 10.8. The number of amides is 2. The molecule has 3 aromatic rings. The molecule has 0 saturated carbocycles. The standard InChI is InChI=1S/C22H22BrN5O3/c1-2-31-19-6-4-3-5-18(19)28-13-16(11-20(28)29)21(30)25-22-24-14-27(26-22)12-15-7-9-17(23)10-8-15/h3-10,14,16H,2,11-13H2,1H3,(H,25,26,30). The van der Waals surface area contributed by atoms with Crippen LogP contribution in [-0.4, -0.2) is 39.7 Å². The lowest BCUT2D eigenvalue weighted by molar-refractivity contribution is -0.122. The van der Waals surface area contributed by atoms with Gasteiger partial charge in [-0.3, -0.25) is 14.9 Å². The van der Waals surface area contributed by atoms with Gasteiger partial charge in [0.2, 0.25) is 17.8 Å². The van der Waals surface area contributed by atoms with Crippen molar-refractivity contribution in [1.82, 2.24) is 14.8 Å². The quantitative estimate of drug-likeness (QED) is 0.555. The van der Waals surface area contributed by atoms with E-state index >= 15 is 0 Å². The number of carbonyl (C=O) groups is 2. The minimum atomic E-state index is -0.486. The molecular formula is C22H22BrN5O3. The zero-order chi connectivity index (χ0) is 21.8. The summed E-state index contributed by atoms with van der Waals surface area (Å²) in [7, 11) is 0. The summed E-state index contributed by atoms with van der Waals surface area (Å²) in [5, 5.41) is 7.05. The van der Waals surface area contributed by atoms with Crippen LogP contribution in [0.15, 0.2) is 59.3 Å². The van der Waals surface area contributed by atoms with Crippen LogP contribution < -0.4 is 15.0 Å². The van der Waals surface area contributed by atoms with Crippen LogP contribution in [0.2, 0.25) is 0 Å². The maximum absolute atomic E-state index is 12.7. The van der Waals surface area contributed by atoms with Crippen LogP contribution in [0.25, 0.3) is 0 Å².